The number of piperidine rings is 4. The molecule has 3 aromatic rings. The van der Waals surface area contributed by atoms with Crippen LogP contribution in [0.25, 0.3) is 4.85 Å². The van der Waals surface area contributed by atoms with Gasteiger partial charge in [-0.3, -0.25) is 39.1 Å². The fraction of sp³-hybridized carbons (Fsp3) is 0.521. The Morgan fingerprint density at radius 1 is 0.697 bits per heavy atom. The van der Waals surface area contributed by atoms with Gasteiger partial charge < -0.3 is 24.9 Å². The van der Waals surface area contributed by atoms with Crippen LogP contribution in [0.2, 0.25) is 0 Å². The molecule has 0 radical (unpaired) electrons. The summed E-state index contributed by atoms with van der Waals surface area (Å²) in [5.74, 6) is -0.620. The fourth-order valence-electron chi connectivity index (χ4n) is 10.6. The number of amides is 5. The van der Waals surface area contributed by atoms with Crippen LogP contribution in [0.15, 0.2) is 54.7 Å². The summed E-state index contributed by atoms with van der Waals surface area (Å²) in [6.45, 7) is 17.7. The number of alkyl halides is 3. The number of anilines is 4. The Labute approximate surface area is 382 Å². The van der Waals surface area contributed by atoms with Crippen molar-refractivity contribution in [2.24, 2.45) is 17.8 Å². The molecule has 6 aliphatic heterocycles. The van der Waals surface area contributed by atoms with Crippen molar-refractivity contribution in [3.05, 3.63) is 82.8 Å². The zero-order valence-electron chi connectivity index (χ0n) is 36.9. The molecule has 66 heavy (non-hydrogen) atoms. The number of carbonyl (C=O) groups excluding carboxylic acids is 5. The van der Waals surface area contributed by atoms with Gasteiger partial charge in [0.1, 0.15) is 11.9 Å². The zero-order chi connectivity index (χ0) is 46.1. The molecule has 0 bridgehead atoms. The molecule has 1 aromatic heterocycles. The number of fused-ring (bicyclic) bond motifs is 1. The maximum Gasteiger partial charge on any atom is 0.407 e. The normalized spacial score (nSPS) is 22.1. The molecule has 0 saturated carbocycles. The predicted octanol–water partition coefficient (Wildman–Crippen LogP) is 5.66. The zero-order valence-corrected chi connectivity index (χ0v) is 36.9. The predicted molar refractivity (Wildman–Crippen MR) is 241 cm³/mol. The van der Waals surface area contributed by atoms with Crippen LogP contribution in [0.5, 0.6) is 0 Å². The van der Waals surface area contributed by atoms with Crippen molar-refractivity contribution in [1.82, 2.24) is 25.0 Å². The lowest BCUT2D eigenvalue weighted by atomic mass is 9.92. The highest BCUT2D eigenvalue weighted by Gasteiger charge is 2.45. The van der Waals surface area contributed by atoms with E-state index in [1.807, 2.05) is 29.3 Å². The van der Waals surface area contributed by atoms with Gasteiger partial charge in [-0.2, -0.15) is 13.2 Å². The molecule has 2 aromatic carbocycles. The maximum absolute atomic E-state index is 13.5. The van der Waals surface area contributed by atoms with E-state index in [0.717, 1.165) is 101 Å². The summed E-state index contributed by atoms with van der Waals surface area (Å²) in [7, 11) is 0. The van der Waals surface area contributed by atoms with Gasteiger partial charge in [-0.1, -0.05) is 6.07 Å². The second-order valence-electron chi connectivity index (χ2n) is 18.6. The monoisotopic (exact) mass is 908 g/mol. The van der Waals surface area contributed by atoms with E-state index in [4.69, 9.17) is 6.57 Å². The fourth-order valence-corrected chi connectivity index (χ4v) is 10.6. The largest absolute Gasteiger partial charge is 0.407 e. The molecule has 5 fully saturated rings. The highest BCUT2D eigenvalue weighted by atomic mass is 19.4. The third-order valence-electron chi connectivity index (χ3n) is 14.5. The highest BCUT2D eigenvalue weighted by molar-refractivity contribution is 6.23. The molecule has 6 aliphatic rings. The summed E-state index contributed by atoms with van der Waals surface area (Å²) < 4.78 is 40.5. The molecule has 0 spiro atoms. The molecular weight excluding hydrogens is 854 g/mol. The van der Waals surface area contributed by atoms with Crippen LogP contribution in [-0.2, 0) is 20.6 Å². The van der Waals surface area contributed by atoms with E-state index in [0.29, 0.717) is 60.4 Å². The molecule has 2 N–H and O–H groups in total. The van der Waals surface area contributed by atoms with Crippen molar-refractivity contribution in [2.75, 3.05) is 98.6 Å². The molecule has 15 nitrogen and oxygen atoms in total. The van der Waals surface area contributed by atoms with Gasteiger partial charge in [0.05, 0.1) is 35.1 Å². The average Bonchev–Trinajstić information content (AvgIpc) is 3.57. The number of nitrogens with zero attached hydrogens (tertiary/aromatic N) is 8. The molecule has 1 unspecified atom stereocenters. The van der Waals surface area contributed by atoms with Crippen molar-refractivity contribution in [2.45, 2.75) is 63.6 Å². The van der Waals surface area contributed by atoms with Gasteiger partial charge in [0.2, 0.25) is 17.7 Å². The summed E-state index contributed by atoms with van der Waals surface area (Å²) in [6, 6.07) is 12.0. The Kier molecular flexibility index (Phi) is 13.0. The third-order valence-corrected chi connectivity index (χ3v) is 14.5. The van der Waals surface area contributed by atoms with Crippen molar-refractivity contribution in [1.29, 1.82) is 0 Å². The van der Waals surface area contributed by atoms with Crippen molar-refractivity contribution >= 4 is 58.1 Å². The van der Waals surface area contributed by atoms with E-state index in [2.05, 4.69) is 40.1 Å². The van der Waals surface area contributed by atoms with Crippen molar-refractivity contribution in [3.8, 4) is 0 Å². The summed E-state index contributed by atoms with van der Waals surface area (Å²) in [5.41, 5.74) is 1.57. The van der Waals surface area contributed by atoms with E-state index in [1.165, 1.54) is 25.0 Å². The van der Waals surface area contributed by atoms with Crippen molar-refractivity contribution in [3.63, 3.8) is 0 Å². The third kappa shape index (κ3) is 9.73. The van der Waals surface area contributed by atoms with E-state index in [9.17, 15) is 37.1 Å². The van der Waals surface area contributed by atoms with Gasteiger partial charge in [-0.05, 0) is 112 Å². The minimum absolute atomic E-state index is 0.0897. The number of pyridine rings is 1. The lowest BCUT2D eigenvalue weighted by Gasteiger charge is -2.41. The topological polar surface area (TPSA) is 146 Å². The smallest absolute Gasteiger partial charge is 0.372 e. The Hall–Kier alpha value is -6.06. The van der Waals surface area contributed by atoms with Gasteiger partial charge in [-0.25, -0.2) is 9.83 Å². The van der Waals surface area contributed by atoms with Crippen molar-refractivity contribution < 1.29 is 37.1 Å². The molecule has 5 saturated heterocycles. The number of piperazine rings is 1. The standard InChI is InChI=1S/C48H55F3N10O5/c1-52-40-6-3-35(27-39(40)48(49,50)51)58-20-14-33(15-21-58)44(63)54-42-8-4-36(28-53-42)59-18-12-32(13-19-59)29-56-16-10-31(11-17-56)30-57-22-24-60(25-23-57)34-2-5-37-38(26-34)47(66)61(46(37)65)41-7-9-43(62)55-45(41)64/h2-6,8,26-28,31-33,41H,7,9-25,29-30H2,(H,53,54,63)(H,55,62,64). The van der Waals surface area contributed by atoms with Crippen LogP contribution in [0.3, 0.4) is 0 Å². The molecule has 348 valence electrons. The molecule has 18 heteroatoms. The first kappa shape index (κ1) is 45.1. The number of likely N-dealkylation sites (tertiary alicyclic amines) is 1. The molecule has 0 aliphatic carbocycles. The first-order valence-electron chi connectivity index (χ1n) is 23.2. The summed E-state index contributed by atoms with van der Waals surface area (Å²) >= 11 is 0. The quantitative estimate of drug-likeness (QED) is 0.192. The van der Waals surface area contributed by atoms with Crippen LogP contribution in [-0.4, -0.2) is 134 Å². The number of aromatic nitrogens is 1. The van der Waals surface area contributed by atoms with Gasteiger partial charge in [-0.15, -0.1) is 0 Å². The molecule has 9 rings (SSSR count). The Morgan fingerprint density at radius 3 is 1.91 bits per heavy atom. The Bertz CT molecular complexity index is 2380. The van der Waals surface area contributed by atoms with E-state index >= 15 is 0 Å². The lowest BCUT2D eigenvalue weighted by Crippen LogP contribution is -2.54. The number of hydrogen-bond acceptors (Lipinski definition) is 11. The SMILES string of the molecule is [C-]#[N+]c1ccc(N2CCC(C(=O)Nc3ccc(N4CCC(CN5CCC(CN6CCN(c7ccc8c(c7)C(=O)N(C7CCC(=O)NC7=O)C8=O)CC6)CC5)CC4)cn3)CC2)cc1C(F)(F)F. The van der Waals surface area contributed by atoms with E-state index < -0.39 is 47.1 Å². The van der Waals surface area contributed by atoms with Crippen LogP contribution < -0.4 is 25.3 Å². The summed E-state index contributed by atoms with van der Waals surface area (Å²) in [6.07, 6.45) is 3.00. The van der Waals surface area contributed by atoms with Gasteiger partial charge in [0.25, 0.3) is 11.8 Å². The van der Waals surface area contributed by atoms with Gasteiger partial charge in [0.15, 0.2) is 5.69 Å². The average molecular weight is 909 g/mol. The number of imide groups is 2. The second-order valence-corrected chi connectivity index (χ2v) is 18.6. The minimum Gasteiger partial charge on any atom is -0.372 e. The van der Waals surface area contributed by atoms with E-state index in [-0.39, 0.29) is 24.7 Å². The Morgan fingerprint density at radius 2 is 1.27 bits per heavy atom. The number of rotatable bonds is 10. The van der Waals surface area contributed by atoms with Gasteiger partial charge >= 0.3 is 6.18 Å². The number of halogens is 3. The van der Waals surface area contributed by atoms with Gasteiger partial charge in [0, 0.05) is 89.2 Å². The van der Waals surface area contributed by atoms with Crippen LogP contribution in [0.4, 0.5) is 41.7 Å². The molecule has 5 amide bonds. The maximum atomic E-state index is 13.5. The minimum atomic E-state index is -4.61. The number of hydrogen-bond donors (Lipinski definition) is 2. The Balaban J connectivity index is 0.661. The second kappa shape index (κ2) is 19.0. The summed E-state index contributed by atoms with van der Waals surface area (Å²) in [4.78, 5) is 83.9. The van der Waals surface area contributed by atoms with Crippen LogP contribution in [0.1, 0.15) is 77.6 Å². The van der Waals surface area contributed by atoms with Crippen LogP contribution >= 0.6 is 0 Å². The lowest BCUT2D eigenvalue weighted by molar-refractivity contribution is -0.137. The number of carbonyl (C=O) groups is 5. The molecular formula is C48H55F3N10O5. The first-order valence-corrected chi connectivity index (χ1v) is 23.2. The van der Waals surface area contributed by atoms with E-state index in [1.54, 1.807) is 12.1 Å². The highest BCUT2D eigenvalue weighted by Crippen LogP contribution is 2.40. The summed E-state index contributed by atoms with van der Waals surface area (Å²) in [5, 5.41) is 5.18. The number of benzene rings is 2. The number of nitrogens with one attached hydrogen (secondary N) is 2. The van der Waals surface area contributed by atoms with Crippen LogP contribution in [0, 0.1) is 24.3 Å². The molecule has 1 atom stereocenters. The molecule has 7 heterocycles. The first-order chi connectivity index (χ1) is 31.8.